The van der Waals surface area contributed by atoms with Gasteiger partial charge in [0.25, 0.3) is 0 Å². The van der Waals surface area contributed by atoms with E-state index in [0.717, 1.165) is 18.2 Å². The summed E-state index contributed by atoms with van der Waals surface area (Å²) in [4.78, 5) is 15.8. The number of nitrogens with two attached hydrogens (primary N) is 1. The van der Waals surface area contributed by atoms with Gasteiger partial charge >= 0.3 is 6.18 Å². The topological polar surface area (TPSA) is 98.8 Å². The lowest BCUT2D eigenvalue weighted by molar-refractivity contribution is -0.141. The Morgan fingerprint density at radius 3 is 2.72 bits per heavy atom. The Morgan fingerprint density at radius 1 is 1.24 bits per heavy atom. The second kappa shape index (κ2) is 6.79. The molecule has 7 nitrogen and oxygen atoms in total. The van der Waals surface area contributed by atoms with Crippen LogP contribution in [0, 0.1) is 6.92 Å². The Labute approximate surface area is 141 Å². The number of ether oxygens (including phenoxy) is 1. The minimum Gasteiger partial charge on any atom is -0.381 e. The highest BCUT2D eigenvalue weighted by Gasteiger charge is 2.33. The summed E-state index contributed by atoms with van der Waals surface area (Å²) >= 11 is 0. The van der Waals surface area contributed by atoms with Gasteiger partial charge in [-0.25, -0.2) is 15.0 Å². The first kappa shape index (κ1) is 17.3. The minimum atomic E-state index is -4.52. The maximum atomic E-state index is 12.8. The molecule has 1 aliphatic heterocycles. The molecular weight excluding hydrogens is 337 g/mol. The number of nitrogens with one attached hydrogen (secondary N) is 1. The van der Waals surface area contributed by atoms with E-state index in [2.05, 4.69) is 25.3 Å². The quantitative estimate of drug-likeness (QED) is 0.869. The van der Waals surface area contributed by atoms with Crippen LogP contribution >= 0.6 is 0 Å². The van der Waals surface area contributed by atoms with E-state index in [1.165, 1.54) is 6.92 Å². The number of anilines is 2. The number of hydrogen-bond donors (Lipinski definition) is 2. The number of nitrogens with zero attached hydrogens (tertiary/aromatic N) is 4. The van der Waals surface area contributed by atoms with E-state index in [-0.39, 0.29) is 29.9 Å². The van der Waals surface area contributed by atoms with Gasteiger partial charge in [-0.2, -0.15) is 18.2 Å². The number of aryl methyl sites for hydroxylation is 1. The summed E-state index contributed by atoms with van der Waals surface area (Å²) in [6.07, 6.45) is -3.68. The van der Waals surface area contributed by atoms with Crippen LogP contribution in [0.1, 0.15) is 35.2 Å². The molecule has 1 atom stereocenters. The largest absolute Gasteiger partial charge is 0.433 e. The Morgan fingerprint density at radius 2 is 2.04 bits per heavy atom. The van der Waals surface area contributed by atoms with E-state index >= 15 is 0 Å². The maximum Gasteiger partial charge on any atom is 0.433 e. The molecule has 134 valence electrons. The third-order valence-corrected chi connectivity index (χ3v) is 3.73. The molecule has 1 fully saturated rings. The molecule has 0 spiro atoms. The first-order valence-corrected chi connectivity index (χ1v) is 7.69. The number of hydrogen-bond acceptors (Lipinski definition) is 7. The summed E-state index contributed by atoms with van der Waals surface area (Å²) in [7, 11) is 0. The Bertz CT molecular complexity index is 761. The third-order valence-electron chi connectivity index (χ3n) is 3.73. The van der Waals surface area contributed by atoms with Crippen LogP contribution in [0.3, 0.4) is 0 Å². The molecule has 3 N–H and O–H groups in total. The van der Waals surface area contributed by atoms with Crippen LogP contribution in [-0.4, -0.2) is 33.1 Å². The van der Waals surface area contributed by atoms with Crippen LogP contribution in [0.4, 0.5) is 24.9 Å². The zero-order valence-corrected chi connectivity index (χ0v) is 13.5. The summed E-state index contributed by atoms with van der Waals surface area (Å²) in [6, 6.07) is 2.63. The Balaban J connectivity index is 1.76. The fourth-order valence-corrected chi connectivity index (χ4v) is 2.58. The molecule has 10 heteroatoms. The van der Waals surface area contributed by atoms with Crippen molar-refractivity contribution >= 4 is 11.8 Å². The average Bonchev–Trinajstić information content (AvgIpc) is 3.05. The van der Waals surface area contributed by atoms with Crippen LogP contribution in [0.5, 0.6) is 0 Å². The van der Waals surface area contributed by atoms with Crippen molar-refractivity contribution in [1.29, 1.82) is 0 Å². The molecule has 1 saturated heterocycles. The predicted octanol–water partition coefficient (Wildman–Crippen LogP) is 2.29. The molecule has 0 aromatic carbocycles. The molecule has 1 unspecified atom stereocenters. The zero-order valence-electron chi connectivity index (χ0n) is 13.5. The summed E-state index contributed by atoms with van der Waals surface area (Å²) in [5.74, 6) is 0.661. The number of rotatable bonds is 4. The second-order valence-electron chi connectivity index (χ2n) is 5.76. The van der Waals surface area contributed by atoms with Crippen LogP contribution in [0.25, 0.3) is 0 Å². The van der Waals surface area contributed by atoms with E-state index in [4.69, 9.17) is 10.5 Å². The normalized spacial score (nSPS) is 17.7. The molecule has 25 heavy (non-hydrogen) atoms. The molecule has 3 heterocycles. The molecule has 0 amide bonds. The van der Waals surface area contributed by atoms with E-state index in [1.807, 2.05) is 0 Å². The van der Waals surface area contributed by atoms with Gasteiger partial charge in [-0.05, 0) is 19.4 Å². The molecule has 0 radical (unpaired) electrons. The first-order chi connectivity index (χ1) is 11.8. The van der Waals surface area contributed by atoms with Gasteiger partial charge in [0.15, 0.2) is 0 Å². The Kier molecular flexibility index (Phi) is 4.71. The van der Waals surface area contributed by atoms with Crippen molar-refractivity contribution in [1.82, 2.24) is 19.9 Å². The summed E-state index contributed by atoms with van der Waals surface area (Å²) in [5.41, 5.74) is 5.73. The van der Waals surface area contributed by atoms with Crippen molar-refractivity contribution in [3.8, 4) is 0 Å². The minimum absolute atomic E-state index is 0.0121. The molecule has 2 aromatic heterocycles. The van der Waals surface area contributed by atoms with Crippen molar-refractivity contribution in [2.24, 2.45) is 0 Å². The smallest absolute Gasteiger partial charge is 0.381 e. The van der Waals surface area contributed by atoms with Gasteiger partial charge in [-0.15, -0.1) is 0 Å². The summed E-state index contributed by atoms with van der Waals surface area (Å²) in [6.45, 7) is 2.70. The van der Waals surface area contributed by atoms with Gasteiger partial charge in [-0.1, -0.05) is 0 Å². The first-order valence-electron chi connectivity index (χ1n) is 7.69. The van der Waals surface area contributed by atoms with Crippen molar-refractivity contribution in [2.75, 3.05) is 24.3 Å². The fourth-order valence-electron chi connectivity index (χ4n) is 2.58. The van der Waals surface area contributed by atoms with Crippen LogP contribution in [0.15, 0.2) is 12.1 Å². The lowest BCUT2D eigenvalue weighted by Gasteiger charge is -2.12. The average molecular weight is 354 g/mol. The highest BCUT2D eigenvalue weighted by Crippen LogP contribution is 2.28. The van der Waals surface area contributed by atoms with E-state index in [9.17, 15) is 13.2 Å². The van der Waals surface area contributed by atoms with Crippen LogP contribution in [-0.2, 0) is 17.5 Å². The maximum absolute atomic E-state index is 12.8. The van der Waals surface area contributed by atoms with Crippen LogP contribution in [0.2, 0.25) is 0 Å². The monoisotopic (exact) mass is 354 g/mol. The second-order valence-corrected chi connectivity index (χ2v) is 5.76. The van der Waals surface area contributed by atoms with Gasteiger partial charge < -0.3 is 15.8 Å². The number of aromatic nitrogens is 4. The fraction of sp³-hybridized carbons (Fsp3) is 0.467. The molecule has 0 saturated carbocycles. The van der Waals surface area contributed by atoms with Crippen LogP contribution < -0.4 is 11.1 Å². The van der Waals surface area contributed by atoms with E-state index < -0.39 is 11.9 Å². The highest BCUT2D eigenvalue weighted by molar-refractivity contribution is 5.41. The lowest BCUT2D eigenvalue weighted by atomic mass is 10.0. The molecule has 3 rings (SSSR count). The lowest BCUT2D eigenvalue weighted by Crippen LogP contribution is -2.14. The third kappa shape index (κ3) is 4.32. The number of nitrogen functional groups attached to an aromatic ring is 1. The molecular formula is C15H17F3N6O. The molecule has 1 aliphatic rings. The SMILES string of the molecule is Cc1cc(C(F)(F)F)nc(CNc2cc(C3CCOC3)nc(N)n2)n1. The van der Waals surface area contributed by atoms with E-state index in [1.54, 1.807) is 6.07 Å². The standard InChI is InChI=1S/C15H17F3N6O/c1-8-4-11(15(16,17)18)23-13(21-8)6-20-12-5-10(22-14(19)24-12)9-2-3-25-7-9/h4-5,9H,2-3,6-7H2,1H3,(H3,19,20,22,24). The van der Waals surface area contributed by atoms with Crippen molar-refractivity contribution < 1.29 is 17.9 Å². The molecule has 2 aromatic rings. The van der Waals surface area contributed by atoms with E-state index in [0.29, 0.717) is 19.0 Å². The van der Waals surface area contributed by atoms with Crippen molar-refractivity contribution in [3.63, 3.8) is 0 Å². The van der Waals surface area contributed by atoms with Crippen molar-refractivity contribution in [2.45, 2.75) is 32.0 Å². The van der Waals surface area contributed by atoms with Gasteiger partial charge in [0.1, 0.15) is 17.3 Å². The summed E-state index contributed by atoms with van der Waals surface area (Å²) in [5, 5.41) is 2.91. The molecule has 0 bridgehead atoms. The van der Waals surface area contributed by atoms with Gasteiger partial charge in [0, 0.05) is 24.3 Å². The highest BCUT2D eigenvalue weighted by atomic mass is 19.4. The zero-order chi connectivity index (χ0) is 18.0. The van der Waals surface area contributed by atoms with Gasteiger partial charge in [0.05, 0.1) is 18.8 Å². The summed E-state index contributed by atoms with van der Waals surface area (Å²) < 4.78 is 43.8. The molecule has 0 aliphatic carbocycles. The number of halogens is 3. The predicted molar refractivity (Wildman–Crippen MR) is 83.7 cm³/mol. The number of alkyl halides is 3. The Hall–Kier alpha value is -2.49. The van der Waals surface area contributed by atoms with Gasteiger partial charge in [-0.3, -0.25) is 0 Å². The van der Waals surface area contributed by atoms with Gasteiger partial charge in [0.2, 0.25) is 5.95 Å². The van der Waals surface area contributed by atoms with Crippen molar-refractivity contribution in [3.05, 3.63) is 35.0 Å².